The van der Waals surface area contributed by atoms with Crippen LogP contribution in [-0.2, 0) is 27.9 Å². The fourth-order valence-corrected chi connectivity index (χ4v) is 8.74. The number of hydrogen-bond acceptors (Lipinski definition) is 11. The van der Waals surface area contributed by atoms with Crippen molar-refractivity contribution in [1.82, 2.24) is 0 Å². The lowest BCUT2D eigenvalue weighted by molar-refractivity contribution is -0.220. The summed E-state index contributed by atoms with van der Waals surface area (Å²) < 4.78 is 34.3. The smallest absolute Gasteiger partial charge is 0.457 e. The second-order valence-electron chi connectivity index (χ2n) is 18.0. The van der Waals surface area contributed by atoms with Crippen molar-refractivity contribution in [3.8, 4) is 0 Å². The predicted molar refractivity (Wildman–Crippen MR) is 262 cm³/mol. The van der Waals surface area contributed by atoms with Crippen LogP contribution in [0.15, 0.2) is 48.6 Å². The van der Waals surface area contributed by atoms with E-state index in [1.807, 2.05) is 0 Å². The molecule has 0 aromatic heterocycles. The minimum atomic E-state index is -5.03. The first-order valence-corrected chi connectivity index (χ1v) is 27.5. The van der Waals surface area contributed by atoms with Crippen molar-refractivity contribution >= 4 is 13.8 Å². The minimum absolute atomic E-state index is 0.0842. The Kier molecular flexibility index (Phi) is 40.0. The third-order valence-electron chi connectivity index (χ3n) is 11.9. The van der Waals surface area contributed by atoms with Crippen LogP contribution in [-0.4, -0.2) is 98.9 Å². The molecule has 380 valence electrons. The monoisotopic (exact) mass is 943 g/mol. The van der Waals surface area contributed by atoms with E-state index in [2.05, 4.69) is 62.5 Å². The Labute approximate surface area is 395 Å². The van der Waals surface area contributed by atoms with Crippen LogP contribution < -0.4 is 0 Å². The zero-order chi connectivity index (χ0) is 47.6. The topological polar surface area (TPSA) is 192 Å². The highest BCUT2D eigenvalue weighted by molar-refractivity contribution is 7.47. The summed E-state index contributed by atoms with van der Waals surface area (Å²) in [6.45, 7) is 4.23. The van der Waals surface area contributed by atoms with E-state index in [4.69, 9.17) is 18.5 Å². The summed E-state index contributed by atoms with van der Waals surface area (Å²) in [6.07, 6.45) is 40.4. The number of allylic oxidation sites excluding steroid dienone is 8. The van der Waals surface area contributed by atoms with Crippen LogP contribution >= 0.6 is 7.82 Å². The number of unbranched alkanes of at least 4 members (excludes halogenated alkanes) is 24. The van der Waals surface area contributed by atoms with Gasteiger partial charge in [0.25, 0.3) is 0 Å². The molecular formula is C52H95O12P. The minimum Gasteiger partial charge on any atom is -0.457 e. The Morgan fingerprint density at radius 3 is 1.32 bits per heavy atom. The van der Waals surface area contributed by atoms with Crippen LogP contribution in [0.3, 0.4) is 0 Å². The van der Waals surface area contributed by atoms with Gasteiger partial charge in [-0.2, -0.15) is 0 Å². The van der Waals surface area contributed by atoms with Gasteiger partial charge >= 0.3 is 13.8 Å². The summed E-state index contributed by atoms with van der Waals surface area (Å²) in [5, 5.41) is 50.3. The van der Waals surface area contributed by atoms with Gasteiger partial charge in [-0.1, -0.05) is 178 Å². The zero-order valence-corrected chi connectivity index (χ0v) is 41.7. The predicted octanol–water partition coefficient (Wildman–Crippen LogP) is 11.6. The molecule has 13 heteroatoms. The Morgan fingerprint density at radius 2 is 0.862 bits per heavy atom. The number of esters is 1. The molecule has 1 fully saturated rings. The molecular weight excluding hydrogens is 848 g/mol. The first-order chi connectivity index (χ1) is 31.5. The Bertz CT molecular complexity index is 1260. The van der Waals surface area contributed by atoms with Gasteiger partial charge < -0.3 is 39.9 Å². The van der Waals surface area contributed by atoms with Crippen LogP contribution in [0.1, 0.15) is 213 Å². The lowest BCUT2D eigenvalue weighted by Crippen LogP contribution is -2.64. The van der Waals surface area contributed by atoms with Gasteiger partial charge in [0.05, 0.1) is 13.2 Å². The van der Waals surface area contributed by atoms with E-state index in [9.17, 15) is 39.8 Å². The van der Waals surface area contributed by atoms with Gasteiger partial charge in [-0.3, -0.25) is 13.8 Å². The SMILES string of the molecule is CCCCCCC/C=C\C/C=C\C/C=C\CCCCCCCCCCCOCC(COP(=O)(O)OC1C(O)C(O)C(O)C(O)C1O)OC(=O)CCCCCCC/C=C\CCCCCCC. The first-order valence-electron chi connectivity index (χ1n) is 26.0. The summed E-state index contributed by atoms with van der Waals surface area (Å²) in [5.74, 6) is -0.488. The van der Waals surface area contributed by atoms with Crippen molar-refractivity contribution in [2.75, 3.05) is 19.8 Å². The lowest BCUT2D eigenvalue weighted by atomic mass is 9.85. The molecule has 0 saturated heterocycles. The van der Waals surface area contributed by atoms with Crippen molar-refractivity contribution in [2.45, 2.75) is 256 Å². The summed E-state index contributed by atoms with van der Waals surface area (Å²) in [5.41, 5.74) is 0. The van der Waals surface area contributed by atoms with E-state index >= 15 is 0 Å². The van der Waals surface area contributed by atoms with Crippen molar-refractivity contribution in [3.05, 3.63) is 48.6 Å². The number of carbonyl (C=O) groups is 1. The van der Waals surface area contributed by atoms with Gasteiger partial charge in [0, 0.05) is 13.0 Å². The molecule has 1 rings (SSSR count). The first kappa shape index (κ1) is 61.3. The summed E-state index contributed by atoms with van der Waals surface area (Å²) in [7, 11) is -5.03. The molecule has 6 atom stereocenters. The number of phosphoric ester groups is 1. The van der Waals surface area contributed by atoms with Crippen molar-refractivity contribution in [2.24, 2.45) is 0 Å². The van der Waals surface area contributed by atoms with Crippen molar-refractivity contribution < 1.29 is 58.3 Å². The van der Waals surface area contributed by atoms with E-state index < -0.39 is 63.1 Å². The van der Waals surface area contributed by atoms with Crippen LogP contribution in [0.5, 0.6) is 0 Å². The van der Waals surface area contributed by atoms with E-state index in [-0.39, 0.29) is 13.0 Å². The average Bonchev–Trinajstić information content (AvgIpc) is 3.29. The molecule has 1 saturated carbocycles. The molecule has 0 aromatic rings. The molecule has 1 aliphatic carbocycles. The lowest BCUT2D eigenvalue weighted by Gasteiger charge is -2.41. The van der Waals surface area contributed by atoms with Crippen LogP contribution in [0.2, 0.25) is 0 Å². The maximum Gasteiger partial charge on any atom is 0.472 e. The Morgan fingerprint density at radius 1 is 0.492 bits per heavy atom. The molecule has 0 amide bonds. The zero-order valence-electron chi connectivity index (χ0n) is 40.8. The highest BCUT2D eigenvalue weighted by Crippen LogP contribution is 2.47. The van der Waals surface area contributed by atoms with Crippen LogP contribution in [0.25, 0.3) is 0 Å². The largest absolute Gasteiger partial charge is 0.472 e. The standard InChI is InChI=1S/C52H95O12P/c1-3-5-7-9-11-13-15-17-19-20-21-22-23-24-25-26-27-28-30-32-34-36-38-40-42-61-43-45(44-62-65(59,60)64-52-50(57)48(55)47(54)49(56)51(52)58)63-46(53)41-39-37-35-33-31-29-18-16-14-12-10-8-6-4-2/h15-18,20-21,23-24,45,47-52,54-58H,3-14,19,22,25-44H2,1-2H3,(H,59,60)/b17-15-,18-16-,21-20-,24-23-. The van der Waals surface area contributed by atoms with E-state index in [0.29, 0.717) is 13.0 Å². The van der Waals surface area contributed by atoms with Crippen LogP contribution in [0.4, 0.5) is 0 Å². The van der Waals surface area contributed by atoms with E-state index in [0.717, 1.165) is 83.5 Å². The fourth-order valence-electron chi connectivity index (χ4n) is 7.77. The maximum absolute atomic E-state index is 12.8. The Balaban J connectivity index is 2.32. The number of hydrogen-bond donors (Lipinski definition) is 6. The third kappa shape index (κ3) is 34.3. The molecule has 6 N–H and O–H groups in total. The molecule has 0 aliphatic heterocycles. The summed E-state index contributed by atoms with van der Waals surface area (Å²) >= 11 is 0. The fraction of sp³-hybridized carbons (Fsp3) is 0.827. The Hall–Kier alpha value is -1.70. The second-order valence-corrected chi connectivity index (χ2v) is 19.4. The summed E-state index contributed by atoms with van der Waals surface area (Å²) in [4.78, 5) is 23.2. The van der Waals surface area contributed by atoms with E-state index in [1.165, 1.54) is 103 Å². The molecule has 0 spiro atoms. The number of aliphatic hydroxyl groups is 5. The third-order valence-corrected chi connectivity index (χ3v) is 12.9. The molecule has 6 unspecified atom stereocenters. The van der Waals surface area contributed by atoms with E-state index in [1.54, 1.807) is 0 Å². The number of phosphoric acid groups is 1. The second kappa shape index (κ2) is 42.4. The molecule has 65 heavy (non-hydrogen) atoms. The quantitative estimate of drug-likeness (QED) is 0.0147. The van der Waals surface area contributed by atoms with Crippen molar-refractivity contribution in [1.29, 1.82) is 0 Å². The van der Waals surface area contributed by atoms with Crippen molar-refractivity contribution in [3.63, 3.8) is 0 Å². The highest BCUT2D eigenvalue weighted by Gasteiger charge is 2.51. The van der Waals surface area contributed by atoms with Gasteiger partial charge in [-0.25, -0.2) is 4.57 Å². The number of ether oxygens (including phenoxy) is 2. The molecule has 12 nitrogen and oxygen atoms in total. The number of rotatable bonds is 44. The summed E-state index contributed by atoms with van der Waals surface area (Å²) in [6, 6.07) is 0. The number of aliphatic hydroxyl groups excluding tert-OH is 5. The molecule has 0 aromatic carbocycles. The molecule has 0 heterocycles. The average molecular weight is 943 g/mol. The van der Waals surface area contributed by atoms with Gasteiger partial charge in [0.15, 0.2) is 0 Å². The van der Waals surface area contributed by atoms with Gasteiger partial charge in [-0.05, 0) is 77.0 Å². The van der Waals surface area contributed by atoms with Crippen LogP contribution in [0, 0.1) is 0 Å². The number of carbonyl (C=O) groups excluding carboxylic acids is 1. The van der Waals surface area contributed by atoms with Gasteiger partial charge in [0.1, 0.15) is 42.7 Å². The molecule has 0 bridgehead atoms. The molecule has 0 radical (unpaired) electrons. The normalized spacial score (nSPS) is 21.9. The van der Waals surface area contributed by atoms with Gasteiger partial charge in [0.2, 0.25) is 0 Å². The maximum atomic E-state index is 12.8. The highest BCUT2D eigenvalue weighted by atomic mass is 31.2. The van der Waals surface area contributed by atoms with Gasteiger partial charge in [-0.15, -0.1) is 0 Å². The molecule has 1 aliphatic rings.